The minimum atomic E-state index is 0.0114. The standard InChI is InChI=1S/C19H32N4O/c1-14(2)17(20)9-10-22(4)19(24)16-5-6-18(21-13-16)23-11-7-15(3)8-12-23/h5-6,13-15,17H,7-12,20H2,1-4H3. The first-order valence-electron chi connectivity index (χ1n) is 9.10. The summed E-state index contributed by atoms with van der Waals surface area (Å²) in [5.41, 5.74) is 6.70. The third-order valence-corrected chi connectivity index (χ3v) is 5.10. The Balaban J connectivity index is 1.91. The fourth-order valence-electron chi connectivity index (χ4n) is 2.94. The molecular weight excluding hydrogens is 300 g/mol. The number of carbonyl (C=O) groups is 1. The molecule has 1 aromatic heterocycles. The van der Waals surface area contributed by atoms with Gasteiger partial charge in [0.05, 0.1) is 5.56 Å². The maximum Gasteiger partial charge on any atom is 0.255 e. The number of rotatable bonds is 6. The molecule has 2 heterocycles. The minimum absolute atomic E-state index is 0.0114. The highest BCUT2D eigenvalue weighted by atomic mass is 16.2. The van der Waals surface area contributed by atoms with E-state index in [0.29, 0.717) is 18.0 Å². The Hall–Kier alpha value is -1.62. The molecule has 1 atom stereocenters. The summed E-state index contributed by atoms with van der Waals surface area (Å²) >= 11 is 0. The molecule has 1 fully saturated rings. The zero-order valence-corrected chi connectivity index (χ0v) is 15.5. The monoisotopic (exact) mass is 332 g/mol. The van der Waals surface area contributed by atoms with Gasteiger partial charge in [-0.1, -0.05) is 20.8 Å². The topological polar surface area (TPSA) is 62.5 Å². The van der Waals surface area contributed by atoms with Gasteiger partial charge in [0.25, 0.3) is 5.91 Å². The van der Waals surface area contributed by atoms with Crippen LogP contribution < -0.4 is 10.6 Å². The second-order valence-corrected chi connectivity index (χ2v) is 7.50. The Morgan fingerprint density at radius 2 is 2.04 bits per heavy atom. The number of piperidine rings is 1. The Morgan fingerprint density at radius 1 is 1.38 bits per heavy atom. The van der Waals surface area contributed by atoms with Crippen molar-refractivity contribution in [1.29, 1.82) is 0 Å². The Kier molecular flexibility index (Phi) is 6.60. The summed E-state index contributed by atoms with van der Waals surface area (Å²) < 4.78 is 0. The van der Waals surface area contributed by atoms with Crippen LogP contribution >= 0.6 is 0 Å². The quantitative estimate of drug-likeness (QED) is 0.870. The molecule has 2 N–H and O–H groups in total. The minimum Gasteiger partial charge on any atom is -0.357 e. The van der Waals surface area contributed by atoms with Gasteiger partial charge in [-0.05, 0) is 43.2 Å². The maximum atomic E-state index is 12.5. The molecule has 5 heteroatoms. The second-order valence-electron chi connectivity index (χ2n) is 7.50. The first-order chi connectivity index (χ1) is 11.4. The van der Waals surface area contributed by atoms with Crippen LogP contribution in [-0.2, 0) is 0 Å². The van der Waals surface area contributed by atoms with Crippen LogP contribution in [0.4, 0.5) is 5.82 Å². The van der Waals surface area contributed by atoms with E-state index in [4.69, 9.17) is 5.73 Å². The Bertz CT molecular complexity index is 521. The molecule has 24 heavy (non-hydrogen) atoms. The highest BCUT2D eigenvalue weighted by molar-refractivity contribution is 5.93. The smallest absolute Gasteiger partial charge is 0.255 e. The van der Waals surface area contributed by atoms with E-state index in [1.807, 2.05) is 19.2 Å². The summed E-state index contributed by atoms with van der Waals surface area (Å²) in [6.45, 7) is 9.29. The molecule has 0 saturated carbocycles. The predicted molar refractivity (Wildman–Crippen MR) is 99.2 cm³/mol. The van der Waals surface area contributed by atoms with Crippen LogP contribution in [0.1, 0.15) is 50.4 Å². The SMILES string of the molecule is CC1CCN(c2ccc(C(=O)N(C)CCC(N)C(C)C)cn2)CC1. The van der Waals surface area contributed by atoms with Crippen molar-refractivity contribution in [3.05, 3.63) is 23.9 Å². The van der Waals surface area contributed by atoms with Crippen molar-refractivity contribution in [3.63, 3.8) is 0 Å². The normalized spacial score (nSPS) is 17.2. The lowest BCUT2D eigenvalue weighted by Crippen LogP contribution is -2.35. The van der Waals surface area contributed by atoms with Crippen LogP contribution in [0.15, 0.2) is 18.3 Å². The number of nitrogens with zero attached hydrogens (tertiary/aromatic N) is 3. The first kappa shape index (κ1) is 18.7. The van der Waals surface area contributed by atoms with Crippen LogP contribution in [0.2, 0.25) is 0 Å². The molecule has 1 aliphatic rings. The van der Waals surface area contributed by atoms with E-state index in [1.165, 1.54) is 12.8 Å². The molecule has 1 aliphatic heterocycles. The third-order valence-electron chi connectivity index (χ3n) is 5.10. The molecule has 0 aliphatic carbocycles. The lowest BCUT2D eigenvalue weighted by Gasteiger charge is -2.31. The number of pyridine rings is 1. The van der Waals surface area contributed by atoms with Crippen LogP contribution in [0.3, 0.4) is 0 Å². The summed E-state index contributed by atoms with van der Waals surface area (Å²) in [7, 11) is 1.83. The number of carbonyl (C=O) groups excluding carboxylic acids is 1. The fourth-order valence-corrected chi connectivity index (χ4v) is 2.94. The maximum absolute atomic E-state index is 12.5. The molecule has 1 unspecified atom stereocenters. The van der Waals surface area contributed by atoms with Gasteiger partial charge in [0.2, 0.25) is 0 Å². The van der Waals surface area contributed by atoms with Crippen LogP contribution in [0.5, 0.6) is 0 Å². The van der Waals surface area contributed by atoms with Crippen molar-refractivity contribution < 1.29 is 4.79 Å². The Morgan fingerprint density at radius 3 is 2.58 bits per heavy atom. The average Bonchev–Trinajstić information content (AvgIpc) is 2.59. The first-order valence-corrected chi connectivity index (χ1v) is 9.10. The van der Waals surface area contributed by atoms with Crippen molar-refractivity contribution in [1.82, 2.24) is 9.88 Å². The third kappa shape index (κ3) is 4.94. The molecule has 0 aromatic carbocycles. The van der Waals surface area contributed by atoms with Gasteiger partial charge in [-0.15, -0.1) is 0 Å². The Labute approximate surface area is 146 Å². The van der Waals surface area contributed by atoms with E-state index in [0.717, 1.165) is 31.2 Å². The number of aromatic nitrogens is 1. The van der Waals surface area contributed by atoms with Gasteiger partial charge < -0.3 is 15.5 Å². The lowest BCUT2D eigenvalue weighted by molar-refractivity contribution is 0.0789. The molecule has 134 valence electrons. The van der Waals surface area contributed by atoms with Gasteiger partial charge in [0, 0.05) is 38.9 Å². The van der Waals surface area contributed by atoms with E-state index in [2.05, 4.69) is 30.7 Å². The van der Waals surface area contributed by atoms with Crippen molar-refractivity contribution in [2.75, 3.05) is 31.6 Å². The predicted octanol–water partition coefficient (Wildman–Crippen LogP) is 2.76. The van der Waals surface area contributed by atoms with Gasteiger partial charge in [0.15, 0.2) is 0 Å². The van der Waals surface area contributed by atoms with Crippen molar-refractivity contribution in [2.45, 2.75) is 46.1 Å². The van der Waals surface area contributed by atoms with Gasteiger partial charge in [0.1, 0.15) is 5.82 Å². The molecule has 1 aromatic rings. The molecule has 5 nitrogen and oxygen atoms in total. The summed E-state index contributed by atoms with van der Waals surface area (Å²) in [5.74, 6) is 2.22. The highest BCUT2D eigenvalue weighted by Crippen LogP contribution is 2.21. The van der Waals surface area contributed by atoms with Crippen LogP contribution in [-0.4, -0.2) is 48.5 Å². The van der Waals surface area contributed by atoms with E-state index in [1.54, 1.807) is 11.1 Å². The average molecular weight is 332 g/mol. The van der Waals surface area contributed by atoms with Crippen molar-refractivity contribution in [2.24, 2.45) is 17.6 Å². The van der Waals surface area contributed by atoms with Gasteiger partial charge in [-0.2, -0.15) is 0 Å². The second kappa shape index (κ2) is 8.47. The summed E-state index contributed by atoms with van der Waals surface area (Å²) in [5, 5.41) is 0. The van der Waals surface area contributed by atoms with Crippen LogP contribution in [0.25, 0.3) is 0 Å². The van der Waals surface area contributed by atoms with Crippen molar-refractivity contribution in [3.8, 4) is 0 Å². The fraction of sp³-hybridized carbons (Fsp3) is 0.684. The molecule has 2 rings (SSSR count). The summed E-state index contributed by atoms with van der Waals surface area (Å²) in [6, 6.07) is 3.99. The number of amides is 1. The van der Waals surface area contributed by atoms with E-state index < -0.39 is 0 Å². The van der Waals surface area contributed by atoms with Gasteiger partial charge in [-0.3, -0.25) is 4.79 Å². The number of hydrogen-bond donors (Lipinski definition) is 1. The largest absolute Gasteiger partial charge is 0.357 e. The lowest BCUT2D eigenvalue weighted by atomic mass is 9.99. The van der Waals surface area contributed by atoms with Gasteiger partial charge in [-0.25, -0.2) is 4.98 Å². The number of anilines is 1. The molecule has 0 radical (unpaired) electrons. The van der Waals surface area contributed by atoms with Crippen molar-refractivity contribution >= 4 is 11.7 Å². The van der Waals surface area contributed by atoms with E-state index >= 15 is 0 Å². The number of hydrogen-bond acceptors (Lipinski definition) is 4. The highest BCUT2D eigenvalue weighted by Gasteiger charge is 2.18. The molecule has 1 saturated heterocycles. The molecule has 0 spiro atoms. The summed E-state index contributed by atoms with van der Waals surface area (Å²) in [4.78, 5) is 21.0. The number of nitrogens with two attached hydrogens (primary N) is 1. The summed E-state index contributed by atoms with van der Waals surface area (Å²) in [6.07, 6.45) is 4.94. The molecule has 1 amide bonds. The molecular formula is C19H32N4O. The van der Waals surface area contributed by atoms with Gasteiger partial charge >= 0.3 is 0 Å². The zero-order chi connectivity index (χ0) is 17.7. The van der Waals surface area contributed by atoms with E-state index in [-0.39, 0.29) is 11.9 Å². The zero-order valence-electron chi connectivity index (χ0n) is 15.5. The van der Waals surface area contributed by atoms with E-state index in [9.17, 15) is 4.79 Å². The molecule has 0 bridgehead atoms. The van der Waals surface area contributed by atoms with Crippen LogP contribution in [0, 0.1) is 11.8 Å².